The van der Waals surface area contributed by atoms with Crippen LogP contribution >= 0.6 is 0 Å². The fourth-order valence-electron chi connectivity index (χ4n) is 3.57. The Bertz CT molecular complexity index is 390. The molecule has 1 saturated heterocycles. The first kappa shape index (κ1) is 18.5. The van der Waals surface area contributed by atoms with Gasteiger partial charge >= 0.3 is 6.09 Å². The van der Waals surface area contributed by atoms with E-state index < -0.39 is 5.60 Å². The number of aliphatic hydroxyl groups excluding tert-OH is 1. The number of piperidine rings is 1. The SMILES string of the molecule is CCCN1CC(CC(O)C2CC2)CC(NC(=O)OC(C)(C)C)C1. The van der Waals surface area contributed by atoms with Gasteiger partial charge < -0.3 is 20.1 Å². The molecule has 0 aromatic carbocycles. The first-order valence-electron chi connectivity index (χ1n) is 9.16. The highest BCUT2D eigenvalue weighted by molar-refractivity contribution is 5.68. The number of carbonyl (C=O) groups is 1. The second kappa shape index (κ2) is 7.84. The molecule has 1 heterocycles. The number of aliphatic hydroxyl groups is 1. The van der Waals surface area contributed by atoms with E-state index in [9.17, 15) is 9.90 Å². The van der Waals surface area contributed by atoms with Crippen molar-refractivity contribution in [3.05, 3.63) is 0 Å². The van der Waals surface area contributed by atoms with Gasteiger partial charge in [0.1, 0.15) is 5.60 Å². The lowest BCUT2D eigenvalue weighted by Gasteiger charge is -2.39. The number of hydrogen-bond acceptors (Lipinski definition) is 4. The van der Waals surface area contributed by atoms with Crippen LogP contribution in [0.2, 0.25) is 0 Å². The molecule has 0 aromatic rings. The molecule has 23 heavy (non-hydrogen) atoms. The largest absolute Gasteiger partial charge is 0.444 e. The maximum absolute atomic E-state index is 12.0. The molecule has 2 N–H and O–H groups in total. The van der Waals surface area contributed by atoms with Crippen LogP contribution in [0.15, 0.2) is 0 Å². The van der Waals surface area contributed by atoms with E-state index in [0.29, 0.717) is 11.8 Å². The van der Waals surface area contributed by atoms with Gasteiger partial charge in [0.2, 0.25) is 0 Å². The molecule has 3 atom stereocenters. The van der Waals surface area contributed by atoms with Crippen molar-refractivity contribution in [1.82, 2.24) is 10.2 Å². The first-order valence-corrected chi connectivity index (χ1v) is 9.16. The van der Waals surface area contributed by atoms with E-state index in [2.05, 4.69) is 17.1 Å². The number of hydrogen-bond donors (Lipinski definition) is 2. The maximum atomic E-state index is 12.0. The van der Waals surface area contributed by atoms with E-state index >= 15 is 0 Å². The average Bonchev–Trinajstić information content (AvgIpc) is 3.20. The van der Waals surface area contributed by atoms with Crippen molar-refractivity contribution >= 4 is 6.09 Å². The topological polar surface area (TPSA) is 61.8 Å². The Hall–Kier alpha value is -0.810. The molecule has 1 saturated carbocycles. The number of rotatable bonds is 6. The number of ether oxygens (including phenoxy) is 1. The monoisotopic (exact) mass is 326 g/mol. The minimum atomic E-state index is -0.469. The second-order valence-electron chi connectivity index (χ2n) is 8.34. The van der Waals surface area contributed by atoms with Crippen molar-refractivity contribution in [2.45, 2.75) is 77.5 Å². The average molecular weight is 326 g/mol. The quantitative estimate of drug-likeness (QED) is 0.788. The van der Waals surface area contributed by atoms with Crippen LogP contribution < -0.4 is 5.32 Å². The molecule has 0 bridgehead atoms. The fraction of sp³-hybridized carbons (Fsp3) is 0.944. The van der Waals surface area contributed by atoms with E-state index in [1.165, 1.54) is 12.8 Å². The van der Waals surface area contributed by atoms with Crippen LogP contribution in [0, 0.1) is 11.8 Å². The second-order valence-corrected chi connectivity index (χ2v) is 8.34. The molecule has 0 spiro atoms. The number of nitrogens with zero attached hydrogens (tertiary/aromatic N) is 1. The molecule has 2 rings (SSSR count). The van der Waals surface area contributed by atoms with Crippen molar-refractivity contribution in [1.29, 1.82) is 0 Å². The van der Waals surface area contributed by atoms with Gasteiger partial charge in [-0.15, -0.1) is 0 Å². The Labute approximate surface area is 140 Å². The molecule has 2 fully saturated rings. The van der Waals surface area contributed by atoms with Gasteiger partial charge in [-0.2, -0.15) is 0 Å². The summed E-state index contributed by atoms with van der Waals surface area (Å²) in [4.78, 5) is 14.4. The van der Waals surface area contributed by atoms with Gasteiger partial charge in [-0.3, -0.25) is 0 Å². The van der Waals surface area contributed by atoms with E-state index in [1.54, 1.807) is 0 Å². The zero-order valence-electron chi connectivity index (χ0n) is 15.2. The summed E-state index contributed by atoms with van der Waals surface area (Å²) >= 11 is 0. The first-order chi connectivity index (χ1) is 10.8. The molecule has 1 aliphatic heterocycles. The summed E-state index contributed by atoms with van der Waals surface area (Å²) < 4.78 is 5.38. The molecule has 2 aliphatic rings. The Balaban J connectivity index is 1.87. The third-order valence-corrected chi connectivity index (χ3v) is 4.61. The predicted octanol–water partition coefficient (Wildman–Crippen LogP) is 2.77. The van der Waals surface area contributed by atoms with Crippen LogP contribution in [0.1, 0.15) is 59.8 Å². The molecular formula is C18H34N2O3. The highest BCUT2D eigenvalue weighted by atomic mass is 16.6. The van der Waals surface area contributed by atoms with Crippen molar-refractivity contribution < 1.29 is 14.6 Å². The lowest BCUT2D eigenvalue weighted by atomic mass is 9.88. The normalized spacial score (nSPS) is 27.5. The van der Waals surface area contributed by atoms with Crippen molar-refractivity contribution in [2.75, 3.05) is 19.6 Å². The van der Waals surface area contributed by atoms with Crippen LogP contribution in [0.4, 0.5) is 4.79 Å². The fourth-order valence-corrected chi connectivity index (χ4v) is 3.57. The lowest BCUT2D eigenvalue weighted by Crippen LogP contribution is -2.52. The van der Waals surface area contributed by atoms with Gasteiger partial charge in [0, 0.05) is 19.1 Å². The number of likely N-dealkylation sites (tertiary alicyclic amines) is 1. The smallest absolute Gasteiger partial charge is 0.407 e. The number of nitrogens with one attached hydrogen (secondary N) is 1. The Morgan fingerprint density at radius 1 is 1.35 bits per heavy atom. The Morgan fingerprint density at radius 2 is 2.04 bits per heavy atom. The zero-order chi connectivity index (χ0) is 17.0. The molecule has 3 unspecified atom stereocenters. The van der Waals surface area contributed by atoms with Gasteiger partial charge in [-0.1, -0.05) is 6.92 Å². The van der Waals surface area contributed by atoms with Gasteiger partial charge in [0.15, 0.2) is 0 Å². The van der Waals surface area contributed by atoms with Crippen molar-refractivity contribution in [3.8, 4) is 0 Å². The lowest BCUT2D eigenvalue weighted by molar-refractivity contribution is 0.0408. The van der Waals surface area contributed by atoms with Crippen molar-refractivity contribution in [3.63, 3.8) is 0 Å². The molecule has 0 aromatic heterocycles. The highest BCUT2D eigenvalue weighted by Gasteiger charge is 2.35. The molecule has 134 valence electrons. The van der Waals surface area contributed by atoms with Crippen LogP contribution in [0.5, 0.6) is 0 Å². The third-order valence-electron chi connectivity index (χ3n) is 4.61. The molecular weight excluding hydrogens is 292 g/mol. The van der Waals surface area contributed by atoms with E-state index in [4.69, 9.17) is 4.74 Å². The molecule has 5 nitrogen and oxygen atoms in total. The molecule has 0 radical (unpaired) electrons. The number of amides is 1. The summed E-state index contributed by atoms with van der Waals surface area (Å²) in [7, 11) is 0. The summed E-state index contributed by atoms with van der Waals surface area (Å²) in [5.74, 6) is 0.972. The van der Waals surface area contributed by atoms with E-state index in [1.807, 2.05) is 20.8 Å². The van der Waals surface area contributed by atoms with Crippen molar-refractivity contribution in [2.24, 2.45) is 11.8 Å². The van der Waals surface area contributed by atoms with Crippen LogP contribution in [0.25, 0.3) is 0 Å². The maximum Gasteiger partial charge on any atom is 0.407 e. The molecule has 5 heteroatoms. The van der Waals surface area contributed by atoms with Crippen LogP contribution in [-0.2, 0) is 4.74 Å². The zero-order valence-corrected chi connectivity index (χ0v) is 15.2. The highest BCUT2D eigenvalue weighted by Crippen LogP contribution is 2.36. The standard InChI is InChI=1S/C18H34N2O3/c1-5-8-20-11-13(10-16(21)14-6-7-14)9-15(12-20)19-17(22)23-18(2,3)4/h13-16,21H,5-12H2,1-4H3,(H,19,22). The van der Waals surface area contributed by atoms with Gasteiger partial charge in [-0.05, 0) is 71.3 Å². The third kappa shape index (κ3) is 6.68. The Kier molecular flexibility index (Phi) is 6.32. The molecule has 1 amide bonds. The van der Waals surface area contributed by atoms with Gasteiger partial charge in [0.05, 0.1) is 6.10 Å². The Morgan fingerprint density at radius 3 is 2.61 bits per heavy atom. The van der Waals surface area contributed by atoms with E-state index in [0.717, 1.165) is 38.9 Å². The van der Waals surface area contributed by atoms with E-state index in [-0.39, 0.29) is 18.2 Å². The van der Waals surface area contributed by atoms with Gasteiger partial charge in [-0.25, -0.2) is 4.79 Å². The van der Waals surface area contributed by atoms with Crippen LogP contribution in [0.3, 0.4) is 0 Å². The minimum absolute atomic E-state index is 0.113. The number of alkyl carbamates (subject to hydrolysis) is 1. The summed E-state index contributed by atoms with van der Waals surface area (Å²) in [6.45, 7) is 10.8. The summed E-state index contributed by atoms with van der Waals surface area (Å²) in [6.07, 6.45) is 4.75. The molecule has 1 aliphatic carbocycles. The minimum Gasteiger partial charge on any atom is -0.444 e. The summed E-state index contributed by atoms with van der Waals surface area (Å²) in [5, 5.41) is 13.3. The van der Waals surface area contributed by atoms with Gasteiger partial charge in [0.25, 0.3) is 0 Å². The van der Waals surface area contributed by atoms with Crippen LogP contribution in [-0.4, -0.2) is 53.5 Å². The predicted molar refractivity (Wildman–Crippen MR) is 91.3 cm³/mol. The summed E-state index contributed by atoms with van der Waals surface area (Å²) in [6, 6.07) is 0.113. The summed E-state index contributed by atoms with van der Waals surface area (Å²) in [5.41, 5.74) is -0.469. The number of carbonyl (C=O) groups excluding carboxylic acids is 1.